The largest absolute Gasteiger partial charge is 0.295 e. The average Bonchev–Trinajstić information content (AvgIpc) is 2.49. The van der Waals surface area contributed by atoms with Gasteiger partial charge in [0.25, 0.3) is 0 Å². The van der Waals surface area contributed by atoms with Crippen LogP contribution in [-0.2, 0) is 13.1 Å². The van der Waals surface area contributed by atoms with Gasteiger partial charge in [0.2, 0.25) is 0 Å². The molecule has 3 nitrogen and oxygen atoms in total. The van der Waals surface area contributed by atoms with Crippen LogP contribution in [-0.4, -0.2) is 33.5 Å². The quantitative estimate of drug-likeness (QED) is 0.720. The number of rotatable bonds is 2. The van der Waals surface area contributed by atoms with Crippen LogP contribution >= 0.6 is 11.8 Å². The van der Waals surface area contributed by atoms with Gasteiger partial charge in [-0.25, -0.2) is 0 Å². The van der Waals surface area contributed by atoms with Crippen molar-refractivity contribution in [3.05, 3.63) is 11.8 Å². The van der Waals surface area contributed by atoms with Crippen molar-refractivity contribution in [2.45, 2.75) is 44.4 Å². The van der Waals surface area contributed by atoms with E-state index in [1.54, 1.807) is 11.8 Å². The van der Waals surface area contributed by atoms with Crippen molar-refractivity contribution < 1.29 is 0 Å². The Hall–Kier alpha value is -0.480. The molecule has 0 atom stereocenters. The Kier molecular flexibility index (Phi) is 3.36. The Labute approximate surface area is 95.8 Å². The van der Waals surface area contributed by atoms with E-state index >= 15 is 0 Å². The molecule has 0 bridgehead atoms. The fraction of sp³-hybridized carbons (Fsp3) is 0.727. The molecular formula is C11H19N3S. The summed E-state index contributed by atoms with van der Waals surface area (Å²) >= 11 is 1.73. The van der Waals surface area contributed by atoms with Gasteiger partial charge in [-0.05, 0) is 32.6 Å². The van der Waals surface area contributed by atoms with Gasteiger partial charge in [0.05, 0.1) is 5.69 Å². The Morgan fingerprint density at radius 1 is 1.40 bits per heavy atom. The van der Waals surface area contributed by atoms with Gasteiger partial charge in [-0.2, -0.15) is 5.10 Å². The molecule has 0 amide bonds. The van der Waals surface area contributed by atoms with Gasteiger partial charge in [0.15, 0.2) is 0 Å². The van der Waals surface area contributed by atoms with Gasteiger partial charge in [-0.3, -0.25) is 9.58 Å². The number of aromatic nitrogens is 2. The first kappa shape index (κ1) is 11.0. The number of thioether (sulfide) groups is 1. The van der Waals surface area contributed by atoms with Crippen LogP contribution in [0.2, 0.25) is 0 Å². The highest BCUT2D eigenvalue weighted by atomic mass is 32.2. The first-order valence-electron chi connectivity index (χ1n) is 5.55. The lowest BCUT2D eigenvalue weighted by molar-refractivity contribution is 0.216. The van der Waals surface area contributed by atoms with Crippen LogP contribution in [0.25, 0.3) is 0 Å². The third kappa shape index (κ3) is 2.37. The smallest absolute Gasteiger partial charge is 0.118 e. The molecule has 1 aliphatic rings. The Morgan fingerprint density at radius 3 is 2.87 bits per heavy atom. The second-order valence-electron chi connectivity index (χ2n) is 4.32. The highest BCUT2D eigenvalue weighted by molar-refractivity contribution is 7.98. The lowest BCUT2D eigenvalue weighted by Gasteiger charge is -2.23. The molecule has 0 spiro atoms. The molecule has 0 aromatic carbocycles. The molecule has 2 heterocycles. The summed E-state index contributed by atoms with van der Waals surface area (Å²) in [7, 11) is 0. The number of aryl methyl sites for hydroxylation is 1. The van der Waals surface area contributed by atoms with Gasteiger partial charge in [-0.1, -0.05) is 0 Å². The zero-order valence-corrected chi connectivity index (χ0v) is 10.5. The van der Waals surface area contributed by atoms with Crippen LogP contribution in [0.15, 0.2) is 11.1 Å². The van der Waals surface area contributed by atoms with Crippen LogP contribution in [0.5, 0.6) is 0 Å². The SMILES string of the molecule is CSc1cc2n(n1)CCCN(C(C)C)C2. The van der Waals surface area contributed by atoms with Crippen LogP contribution in [0.1, 0.15) is 26.0 Å². The van der Waals surface area contributed by atoms with E-state index in [1.165, 1.54) is 18.7 Å². The second kappa shape index (κ2) is 4.58. The molecule has 0 N–H and O–H groups in total. The maximum atomic E-state index is 4.58. The minimum absolute atomic E-state index is 0.629. The number of hydrogen-bond donors (Lipinski definition) is 0. The Morgan fingerprint density at radius 2 is 2.20 bits per heavy atom. The van der Waals surface area contributed by atoms with E-state index in [9.17, 15) is 0 Å². The van der Waals surface area contributed by atoms with Crippen molar-refractivity contribution in [2.24, 2.45) is 0 Å². The third-order valence-electron chi connectivity index (χ3n) is 2.96. The van der Waals surface area contributed by atoms with Crippen LogP contribution in [0.4, 0.5) is 0 Å². The molecule has 0 aliphatic carbocycles. The molecule has 0 radical (unpaired) electrons. The van der Waals surface area contributed by atoms with Crippen LogP contribution in [0, 0.1) is 0 Å². The van der Waals surface area contributed by atoms with E-state index in [2.05, 4.69) is 40.9 Å². The molecule has 0 fully saturated rings. The van der Waals surface area contributed by atoms with Crippen molar-refractivity contribution >= 4 is 11.8 Å². The summed E-state index contributed by atoms with van der Waals surface area (Å²) in [4.78, 5) is 2.52. The fourth-order valence-electron chi connectivity index (χ4n) is 2.00. The molecular weight excluding hydrogens is 206 g/mol. The number of hydrogen-bond acceptors (Lipinski definition) is 3. The highest BCUT2D eigenvalue weighted by Gasteiger charge is 2.17. The molecule has 15 heavy (non-hydrogen) atoms. The standard InChI is InChI=1S/C11H19N3S/c1-9(2)13-5-4-6-14-10(8-13)7-11(12-14)15-3/h7,9H,4-6,8H2,1-3H3. The molecule has 0 saturated heterocycles. The maximum Gasteiger partial charge on any atom is 0.118 e. The predicted molar refractivity (Wildman–Crippen MR) is 64.2 cm³/mol. The normalized spacial score (nSPS) is 17.9. The monoisotopic (exact) mass is 225 g/mol. The van der Waals surface area contributed by atoms with E-state index in [4.69, 9.17) is 0 Å². The summed E-state index contributed by atoms with van der Waals surface area (Å²) < 4.78 is 2.17. The lowest BCUT2D eigenvalue weighted by Crippen LogP contribution is -2.30. The fourth-order valence-corrected chi connectivity index (χ4v) is 2.44. The van der Waals surface area contributed by atoms with E-state index in [0.717, 1.165) is 18.1 Å². The summed E-state index contributed by atoms with van der Waals surface area (Å²) in [6.07, 6.45) is 3.29. The minimum Gasteiger partial charge on any atom is -0.295 e. The van der Waals surface area contributed by atoms with Gasteiger partial charge in [0, 0.05) is 25.7 Å². The summed E-state index contributed by atoms with van der Waals surface area (Å²) in [5.41, 5.74) is 1.37. The molecule has 0 unspecified atom stereocenters. The predicted octanol–water partition coefficient (Wildman–Crippen LogP) is 2.22. The first-order valence-corrected chi connectivity index (χ1v) is 6.78. The summed E-state index contributed by atoms with van der Waals surface area (Å²) in [5.74, 6) is 0. The molecule has 2 rings (SSSR count). The number of fused-ring (bicyclic) bond motifs is 1. The van der Waals surface area contributed by atoms with E-state index < -0.39 is 0 Å². The van der Waals surface area contributed by atoms with Crippen molar-refractivity contribution in [3.8, 4) is 0 Å². The maximum absolute atomic E-state index is 4.58. The molecule has 1 aromatic heterocycles. The molecule has 0 saturated carbocycles. The zero-order chi connectivity index (χ0) is 10.8. The highest BCUT2D eigenvalue weighted by Crippen LogP contribution is 2.19. The third-order valence-corrected chi connectivity index (χ3v) is 3.58. The van der Waals surface area contributed by atoms with Crippen molar-refractivity contribution in [1.29, 1.82) is 0 Å². The minimum atomic E-state index is 0.629. The Balaban J connectivity index is 2.20. The average molecular weight is 225 g/mol. The Bertz CT molecular complexity index is 333. The van der Waals surface area contributed by atoms with Crippen LogP contribution in [0.3, 0.4) is 0 Å². The van der Waals surface area contributed by atoms with Crippen molar-refractivity contribution in [2.75, 3.05) is 12.8 Å². The van der Waals surface area contributed by atoms with Crippen molar-refractivity contribution in [3.63, 3.8) is 0 Å². The molecule has 4 heteroatoms. The molecule has 1 aromatic rings. The van der Waals surface area contributed by atoms with Gasteiger partial charge in [0.1, 0.15) is 5.03 Å². The van der Waals surface area contributed by atoms with Crippen LogP contribution < -0.4 is 0 Å². The second-order valence-corrected chi connectivity index (χ2v) is 5.15. The zero-order valence-electron chi connectivity index (χ0n) is 9.73. The molecule has 1 aliphatic heterocycles. The van der Waals surface area contributed by atoms with E-state index in [0.29, 0.717) is 6.04 Å². The van der Waals surface area contributed by atoms with Gasteiger partial charge >= 0.3 is 0 Å². The summed E-state index contributed by atoms with van der Waals surface area (Å²) in [6, 6.07) is 2.86. The topological polar surface area (TPSA) is 21.1 Å². The summed E-state index contributed by atoms with van der Waals surface area (Å²) in [5, 5.41) is 5.72. The van der Waals surface area contributed by atoms with E-state index in [-0.39, 0.29) is 0 Å². The van der Waals surface area contributed by atoms with Crippen molar-refractivity contribution in [1.82, 2.24) is 14.7 Å². The summed E-state index contributed by atoms with van der Waals surface area (Å²) in [6.45, 7) is 7.84. The van der Waals surface area contributed by atoms with Gasteiger partial charge in [-0.15, -0.1) is 11.8 Å². The number of nitrogens with zero attached hydrogens (tertiary/aromatic N) is 3. The first-order chi connectivity index (χ1) is 7.20. The van der Waals surface area contributed by atoms with Gasteiger partial charge < -0.3 is 0 Å². The van der Waals surface area contributed by atoms with E-state index in [1.807, 2.05) is 0 Å². The lowest BCUT2D eigenvalue weighted by atomic mass is 10.3. The molecule has 84 valence electrons.